The Hall–Kier alpha value is -1.02. The third-order valence-electron chi connectivity index (χ3n) is 16.4. The predicted octanol–water partition coefficient (Wildman–Crippen LogP) is 21.6. The summed E-state index contributed by atoms with van der Waals surface area (Å²) in [5.41, 5.74) is 0. The van der Waals surface area contributed by atoms with Gasteiger partial charge in [-0.2, -0.15) is 0 Å². The molecule has 3 atom stereocenters. The number of rotatable bonds is 66. The summed E-state index contributed by atoms with van der Waals surface area (Å²) in [7, 11) is 1.28. The number of aliphatic hydroxyl groups excluding tert-OH is 1. The van der Waals surface area contributed by atoms with Gasteiger partial charge in [0.1, 0.15) is 13.2 Å². The van der Waals surface area contributed by atoms with Gasteiger partial charge in [0.2, 0.25) is 5.91 Å². The fourth-order valence-corrected chi connectivity index (χ4v) is 11.6. The maximum absolute atomic E-state index is 13.0. The topological polar surface area (TPSA) is 108 Å². The van der Waals surface area contributed by atoms with Crippen LogP contribution in [0.4, 0.5) is 0 Å². The molecule has 0 rings (SSSR count). The molecule has 8 nitrogen and oxygen atoms in total. The molecule has 470 valence electrons. The first-order valence-electron chi connectivity index (χ1n) is 35.2. The van der Waals surface area contributed by atoms with Crippen molar-refractivity contribution in [3.8, 4) is 0 Å². The summed E-state index contributed by atoms with van der Waals surface area (Å²) in [5, 5.41) is 13.9. The van der Waals surface area contributed by atoms with Crippen molar-refractivity contribution in [1.29, 1.82) is 0 Å². The molecule has 0 aromatic carbocycles. The van der Waals surface area contributed by atoms with Gasteiger partial charge in [-0.1, -0.05) is 340 Å². The second-order valence-corrected chi connectivity index (χ2v) is 27.0. The highest BCUT2D eigenvalue weighted by atomic mass is 31.2. The number of aliphatic hydroxyl groups is 1. The summed E-state index contributed by atoms with van der Waals surface area (Å²) < 4.78 is 23.4. The SMILES string of the molecule is CCCCCCCCCCCCCCCCCC/C=C\CCCCCCCCCCCCCCCCCCCC(=O)NC(COP(=O)([O-])OCC[N+](C)(C)C)C(O)/C=C/CCCCCCCCCCCCCCCCCCCC. The van der Waals surface area contributed by atoms with Gasteiger partial charge in [-0.25, -0.2) is 0 Å². The number of carbonyl (C=O) groups is 1. The van der Waals surface area contributed by atoms with Crippen molar-refractivity contribution < 1.29 is 32.9 Å². The highest BCUT2D eigenvalue weighted by molar-refractivity contribution is 7.45. The molecule has 0 bridgehead atoms. The summed E-state index contributed by atoms with van der Waals surface area (Å²) in [6, 6.07) is -0.885. The maximum atomic E-state index is 13.0. The number of amides is 1. The van der Waals surface area contributed by atoms with Crippen LogP contribution in [0, 0.1) is 0 Å². The quantitative estimate of drug-likeness (QED) is 0.0272. The zero-order valence-electron chi connectivity index (χ0n) is 53.9. The fraction of sp³-hybridized carbons (Fsp3) is 0.929. The smallest absolute Gasteiger partial charge is 0.268 e. The first-order chi connectivity index (χ1) is 38.5. The van der Waals surface area contributed by atoms with E-state index in [4.69, 9.17) is 9.05 Å². The molecular weight excluding hydrogens is 996 g/mol. The van der Waals surface area contributed by atoms with Crippen LogP contribution in [0.2, 0.25) is 0 Å². The van der Waals surface area contributed by atoms with Crippen molar-refractivity contribution in [1.82, 2.24) is 5.32 Å². The summed E-state index contributed by atoms with van der Waals surface area (Å²) in [4.78, 5) is 25.6. The first kappa shape index (κ1) is 78.0. The number of hydrogen-bond acceptors (Lipinski definition) is 6. The molecule has 9 heteroatoms. The Bertz CT molecular complexity index is 1340. The van der Waals surface area contributed by atoms with Crippen molar-refractivity contribution in [2.75, 3.05) is 40.9 Å². The third-order valence-corrected chi connectivity index (χ3v) is 17.4. The van der Waals surface area contributed by atoms with E-state index in [2.05, 4.69) is 31.3 Å². The summed E-state index contributed by atoms with van der Waals surface area (Å²) in [5.74, 6) is -0.190. The van der Waals surface area contributed by atoms with Crippen LogP contribution in [-0.4, -0.2) is 68.5 Å². The summed E-state index contributed by atoms with van der Waals surface area (Å²) in [6.45, 7) is 4.71. The number of quaternary nitrogens is 1. The Morgan fingerprint density at radius 1 is 0.430 bits per heavy atom. The minimum atomic E-state index is -4.60. The van der Waals surface area contributed by atoms with Gasteiger partial charge in [-0.15, -0.1) is 0 Å². The van der Waals surface area contributed by atoms with E-state index in [1.54, 1.807) is 6.08 Å². The normalized spacial score (nSPS) is 13.8. The Balaban J connectivity index is 3.95. The Morgan fingerprint density at radius 2 is 0.696 bits per heavy atom. The monoisotopic (exact) mass is 1140 g/mol. The molecule has 0 saturated heterocycles. The zero-order valence-corrected chi connectivity index (χ0v) is 54.8. The first-order valence-corrected chi connectivity index (χ1v) is 36.7. The molecular formula is C70H139N2O6P. The molecule has 0 aliphatic heterocycles. The van der Waals surface area contributed by atoms with Gasteiger partial charge in [0.15, 0.2) is 0 Å². The molecule has 79 heavy (non-hydrogen) atoms. The van der Waals surface area contributed by atoms with E-state index in [1.807, 2.05) is 27.2 Å². The molecule has 1 amide bonds. The Morgan fingerprint density at radius 3 is 0.987 bits per heavy atom. The lowest BCUT2D eigenvalue weighted by molar-refractivity contribution is -0.870. The van der Waals surface area contributed by atoms with E-state index < -0.39 is 20.0 Å². The molecule has 0 fully saturated rings. The van der Waals surface area contributed by atoms with E-state index in [9.17, 15) is 19.4 Å². The van der Waals surface area contributed by atoms with Gasteiger partial charge in [-0.05, 0) is 44.9 Å². The van der Waals surface area contributed by atoms with E-state index in [0.29, 0.717) is 17.4 Å². The summed E-state index contributed by atoms with van der Waals surface area (Å²) >= 11 is 0. The lowest BCUT2D eigenvalue weighted by Gasteiger charge is -2.29. The minimum absolute atomic E-state index is 0.00168. The van der Waals surface area contributed by atoms with Crippen molar-refractivity contribution >= 4 is 13.7 Å². The largest absolute Gasteiger partial charge is 0.756 e. The molecule has 2 N–H and O–H groups in total. The minimum Gasteiger partial charge on any atom is -0.756 e. The standard InChI is InChI=1S/C70H139N2O6P/c1-6-8-10-12-14-16-18-20-22-24-26-28-29-30-31-32-33-34-35-36-37-38-39-40-41-42-43-44-46-48-50-52-54-56-58-60-62-64-70(74)71-68(67-78-79(75,76)77-66-65-72(3,4)5)69(73)63-61-59-57-55-53-51-49-47-45-27-25-23-21-19-17-15-13-11-9-7-2/h34-35,61,63,68-69,73H,6-33,36-60,62,64-67H2,1-5H3,(H-,71,74,75,76)/b35-34-,63-61+. The predicted molar refractivity (Wildman–Crippen MR) is 344 cm³/mol. The average molecular weight is 1140 g/mol. The van der Waals surface area contributed by atoms with E-state index in [1.165, 1.54) is 308 Å². The molecule has 0 aromatic heterocycles. The molecule has 0 heterocycles. The van der Waals surface area contributed by atoms with Crippen LogP contribution in [0.1, 0.15) is 367 Å². The second-order valence-electron chi connectivity index (χ2n) is 25.6. The van der Waals surface area contributed by atoms with Gasteiger partial charge in [-0.3, -0.25) is 9.36 Å². The van der Waals surface area contributed by atoms with Gasteiger partial charge in [0.05, 0.1) is 39.9 Å². The number of allylic oxidation sites excluding steroid dienone is 3. The number of phosphoric acid groups is 1. The van der Waals surface area contributed by atoms with Crippen LogP contribution >= 0.6 is 7.82 Å². The van der Waals surface area contributed by atoms with Crippen molar-refractivity contribution in [2.45, 2.75) is 379 Å². The van der Waals surface area contributed by atoms with Crippen LogP contribution in [-0.2, 0) is 18.4 Å². The van der Waals surface area contributed by atoms with Gasteiger partial charge < -0.3 is 28.8 Å². The van der Waals surface area contributed by atoms with Gasteiger partial charge in [0, 0.05) is 6.42 Å². The van der Waals surface area contributed by atoms with Gasteiger partial charge >= 0.3 is 0 Å². The van der Waals surface area contributed by atoms with Crippen LogP contribution in [0.3, 0.4) is 0 Å². The van der Waals surface area contributed by atoms with Gasteiger partial charge in [0.25, 0.3) is 7.82 Å². The zero-order chi connectivity index (χ0) is 57.7. The molecule has 0 spiro atoms. The number of carbonyl (C=O) groups excluding carboxylic acids is 1. The van der Waals surface area contributed by atoms with E-state index in [-0.39, 0.29) is 19.1 Å². The molecule has 0 saturated carbocycles. The lowest BCUT2D eigenvalue weighted by Crippen LogP contribution is -2.45. The van der Waals surface area contributed by atoms with Crippen LogP contribution in [0.5, 0.6) is 0 Å². The molecule has 3 unspecified atom stereocenters. The van der Waals surface area contributed by atoms with Crippen molar-refractivity contribution in [2.24, 2.45) is 0 Å². The number of phosphoric ester groups is 1. The molecule has 0 aliphatic rings. The highest BCUT2D eigenvalue weighted by Gasteiger charge is 2.23. The number of likely N-dealkylation sites (N-methyl/N-ethyl adjacent to an activating group) is 1. The van der Waals surface area contributed by atoms with E-state index in [0.717, 1.165) is 38.5 Å². The lowest BCUT2D eigenvalue weighted by atomic mass is 10.0. The van der Waals surface area contributed by atoms with Crippen molar-refractivity contribution in [3.63, 3.8) is 0 Å². The summed E-state index contributed by atoms with van der Waals surface area (Å²) in [6.07, 6.45) is 80.2. The van der Waals surface area contributed by atoms with Crippen LogP contribution in [0.25, 0.3) is 0 Å². The second kappa shape index (κ2) is 61.5. The number of unbranched alkanes of at least 4 members (excludes halogenated alkanes) is 51. The molecule has 0 aromatic rings. The average Bonchev–Trinajstić information content (AvgIpc) is 3.42. The molecule has 0 radical (unpaired) electrons. The highest BCUT2D eigenvalue weighted by Crippen LogP contribution is 2.38. The van der Waals surface area contributed by atoms with Crippen molar-refractivity contribution in [3.05, 3.63) is 24.3 Å². The number of hydrogen-bond donors (Lipinski definition) is 2. The van der Waals surface area contributed by atoms with E-state index >= 15 is 0 Å². The third kappa shape index (κ3) is 64.4. The van der Waals surface area contributed by atoms with Crippen LogP contribution in [0.15, 0.2) is 24.3 Å². The maximum Gasteiger partial charge on any atom is 0.268 e. The molecule has 0 aliphatic carbocycles. The number of nitrogens with one attached hydrogen (secondary N) is 1. The van der Waals surface area contributed by atoms with Crippen LogP contribution < -0.4 is 10.2 Å². The fourth-order valence-electron chi connectivity index (χ4n) is 10.9. The Kier molecular flexibility index (Phi) is 60.7. The Labute approximate surface area is 494 Å². The number of nitrogens with zero attached hydrogens (tertiary/aromatic N) is 1.